The van der Waals surface area contributed by atoms with Crippen molar-refractivity contribution in [2.75, 3.05) is 0 Å². The fraction of sp³-hybridized carbons (Fsp3) is 0.583. The Morgan fingerprint density at radius 3 is 2.59 bits per heavy atom. The molecule has 0 saturated heterocycles. The number of pyridine rings is 1. The van der Waals surface area contributed by atoms with Gasteiger partial charge in [-0.1, -0.05) is 0 Å². The first-order valence-electron chi connectivity index (χ1n) is 5.54. The first kappa shape index (κ1) is 12.3. The molecule has 0 bridgehead atoms. The maximum absolute atomic E-state index is 9.36. The van der Waals surface area contributed by atoms with Gasteiger partial charge in [-0.05, 0) is 6.92 Å². The van der Waals surface area contributed by atoms with Gasteiger partial charge in [0, 0.05) is 25.0 Å². The summed E-state index contributed by atoms with van der Waals surface area (Å²) in [5, 5.41) is 18.6. The highest BCUT2D eigenvalue weighted by atomic mass is 16.7. The molecular formula is C12H17NO4. The van der Waals surface area contributed by atoms with E-state index in [2.05, 4.69) is 4.98 Å². The average Bonchev–Trinajstić information content (AvgIpc) is 2.28. The predicted octanol–water partition coefficient (Wildman–Crippen LogP) is 1.02. The van der Waals surface area contributed by atoms with Crippen molar-refractivity contribution < 1.29 is 19.7 Å². The van der Waals surface area contributed by atoms with Crippen LogP contribution in [-0.2, 0) is 24.6 Å². The molecule has 0 aromatic carbocycles. The van der Waals surface area contributed by atoms with Crippen LogP contribution in [0.3, 0.4) is 0 Å². The highest BCUT2D eigenvalue weighted by molar-refractivity contribution is 5.45. The summed E-state index contributed by atoms with van der Waals surface area (Å²) in [5.41, 5.74) is 2.57. The van der Waals surface area contributed by atoms with Gasteiger partial charge in [-0.2, -0.15) is 0 Å². The standard InChI is InChI=1S/C12H17NO4/c1-7-11-9(6-16-12(2,3)17-11)8(4-14)10(5-15)13-7/h14-15H,4-6H2,1-3H3. The minimum atomic E-state index is -0.688. The monoisotopic (exact) mass is 239 g/mol. The molecule has 2 rings (SSSR count). The molecule has 0 unspecified atom stereocenters. The lowest BCUT2D eigenvalue weighted by Crippen LogP contribution is -2.36. The summed E-state index contributed by atoms with van der Waals surface area (Å²) in [5.74, 6) is -0.0325. The van der Waals surface area contributed by atoms with Gasteiger partial charge in [0.25, 0.3) is 0 Å². The van der Waals surface area contributed by atoms with Gasteiger partial charge in [0.15, 0.2) is 0 Å². The number of rotatable bonds is 2. The van der Waals surface area contributed by atoms with Crippen LogP contribution >= 0.6 is 0 Å². The van der Waals surface area contributed by atoms with Crippen molar-refractivity contribution >= 4 is 0 Å². The molecule has 0 spiro atoms. The number of aliphatic hydroxyl groups is 2. The van der Waals surface area contributed by atoms with Crippen LogP contribution in [0.15, 0.2) is 0 Å². The molecule has 0 saturated carbocycles. The van der Waals surface area contributed by atoms with Crippen molar-refractivity contribution in [3.8, 4) is 5.75 Å². The zero-order valence-electron chi connectivity index (χ0n) is 10.3. The first-order chi connectivity index (χ1) is 7.98. The van der Waals surface area contributed by atoms with Crippen molar-refractivity contribution in [3.05, 3.63) is 22.5 Å². The highest BCUT2D eigenvalue weighted by Crippen LogP contribution is 2.36. The number of ether oxygens (including phenoxy) is 2. The second-order valence-corrected chi connectivity index (χ2v) is 4.54. The van der Waals surface area contributed by atoms with Crippen LogP contribution in [0.1, 0.15) is 36.4 Å². The molecule has 17 heavy (non-hydrogen) atoms. The molecule has 0 aliphatic carbocycles. The molecule has 1 aliphatic heterocycles. The lowest BCUT2D eigenvalue weighted by atomic mass is 10.0. The van der Waals surface area contributed by atoms with E-state index in [1.165, 1.54) is 0 Å². The molecule has 2 heterocycles. The van der Waals surface area contributed by atoms with Gasteiger partial charge < -0.3 is 19.7 Å². The van der Waals surface area contributed by atoms with Gasteiger partial charge >= 0.3 is 0 Å². The topological polar surface area (TPSA) is 71.8 Å². The normalized spacial score (nSPS) is 17.5. The molecule has 1 aliphatic rings. The molecule has 0 fully saturated rings. The minimum absolute atomic E-state index is 0.182. The third-order valence-electron chi connectivity index (χ3n) is 2.84. The molecule has 1 aromatic heterocycles. The Morgan fingerprint density at radius 2 is 2.00 bits per heavy atom. The van der Waals surface area contributed by atoms with Gasteiger partial charge in [0.05, 0.1) is 31.2 Å². The molecule has 5 nitrogen and oxygen atoms in total. The van der Waals surface area contributed by atoms with Crippen molar-refractivity contribution in [2.24, 2.45) is 0 Å². The molecule has 0 amide bonds. The van der Waals surface area contributed by atoms with Crippen molar-refractivity contribution in [2.45, 2.75) is 46.4 Å². The Morgan fingerprint density at radius 1 is 1.29 bits per heavy atom. The highest BCUT2D eigenvalue weighted by Gasteiger charge is 2.31. The van der Waals surface area contributed by atoms with Gasteiger partial charge in [-0.25, -0.2) is 0 Å². The zero-order valence-corrected chi connectivity index (χ0v) is 10.3. The molecule has 0 radical (unpaired) electrons. The summed E-state index contributed by atoms with van der Waals surface area (Å²) in [6.07, 6.45) is 0. The van der Waals surface area contributed by atoms with E-state index in [4.69, 9.17) is 9.47 Å². The summed E-state index contributed by atoms with van der Waals surface area (Å²) in [6.45, 7) is 5.45. The summed E-state index contributed by atoms with van der Waals surface area (Å²) in [7, 11) is 0. The summed E-state index contributed by atoms with van der Waals surface area (Å²) < 4.78 is 11.3. The van der Waals surface area contributed by atoms with Crippen molar-refractivity contribution in [1.29, 1.82) is 0 Å². The smallest absolute Gasteiger partial charge is 0.205 e. The Balaban J connectivity index is 2.57. The summed E-state index contributed by atoms with van der Waals surface area (Å²) >= 11 is 0. The maximum atomic E-state index is 9.36. The van der Waals surface area contributed by atoms with Crippen LogP contribution < -0.4 is 4.74 Å². The fourth-order valence-electron chi connectivity index (χ4n) is 1.98. The van der Waals surface area contributed by atoms with Gasteiger partial charge in [0.1, 0.15) is 5.75 Å². The van der Waals surface area contributed by atoms with E-state index in [-0.39, 0.29) is 13.2 Å². The van der Waals surface area contributed by atoms with Crippen LogP contribution in [0.2, 0.25) is 0 Å². The van der Waals surface area contributed by atoms with Gasteiger partial charge in [0.2, 0.25) is 5.79 Å². The number of hydrogen-bond acceptors (Lipinski definition) is 5. The molecule has 0 atom stereocenters. The van der Waals surface area contributed by atoms with E-state index in [1.54, 1.807) is 0 Å². The number of aryl methyl sites for hydroxylation is 1. The van der Waals surface area contributed by atoms with E-state index < -0.39 is 5.79 Å². The number of aliphatic hydroxyl groups excluding tert-OH is 2. The summed E-state index contributed by atoms with van der Waals surface area (Å²) in [4.78, 5) is 4.25. The Kier molecular flexibility index (Phi) is 3.07. The quantitative estimate of drug-likeness (QED) is 0.806. The zero-order chi connectivity index (χ0) is 12.6. The molecule has 94 valence electrons. The minimum Gasteiger partial charge on any atom is -0.461 e. The Labute approximate surface area is 100 Å². The third-order valence-corrected chi connectivity index (χ3v) is 2.84. The maximum Gasteiger partial charge on any atom is 0.205 e. The SMILES string of the molecule is Cc1nc(CO)c(CO)c2c1OC(C)(C)OC2. The molecule has 5 heteroatoms. The average molecular weight is 239 g/mol. The lowest BCUT2D eigenvalue weighted by Gasteiger charge is -2.34. The molecule has 1 aromatic rings. The van der Waals surface area contributed by atoms with Crippen LogP contribution in [0.25, 0.3) is 0 Å². The van der Waals surface area contributed by atoms with Crippen molar-refractivity contribution in [1.82, 2.24) is 4.98 Å². The molecular weight excluding hydrogens is 222 g/mol. The largest absolute Gasteiger partial charge is 0.461 e. The van der Waals surface area contributed by atoms with E-state index in [9.17, 15) is 10.2 Å². The van der Waals surface area contributed by atoms with E-state index in [0.717, 1.165) is 5.56 Å². The van der Waals surface area contributed by atoms with E-state index in [0.29, 0.717) is 29.3 Å². The number of hydrogen-bond donors (Lipinski definition) is 2. The van der Waals surface area contributed by atoms with Gasteiger partial charge in [-0.3, -0.25) is 4.98 Å². The second kappa shape index (κ2) is 4.25. The molecule has 2 N–H and O–H groups in total. The van der Waals surface area contributed by atoms with E-state index >= 15 is 0 Å². The Hall–Kier alpha value is -1.17. The van der Waals surface area contributed by atoms with Crippen LogP contribution in [-0.4, -0.2) is 21.0 Å². The van der Waals surface area contributed by atoms with Crippen molar-refractivity contribution in [3.63, 3.8) is 0 Å². The first-order valence-corrected chi connectivity index (χ1v) is 5.54. The summed E-state index contributed by atoms with van der Waals surface area (Å²) in [6, 6.07) is 0. The second-order valence-electron chi connectivity index (χ2n) is 4.54. The van der Waals surface area contributed by atoms with Crippen LogP contribution in [0.5, 0.6) is 5.75 Å². The third kappa shape index (κ3) is 2.13. The van der Waals surface area contributed by atoms with E-state index in [1.807, 2.05) is 20.8 Å². The van der Waals surface area contributed by atoms with Crippen LogP contribution in [0, 0.1) is 6.92 Å². The fourth-order valence-corrected chi connectivity index (χ4v) is 1.98. The lowest BCUT2D eigenvalue weighted by molar-refractivity contribution is -0.181. The Bertz CT molecular complexity index is 443. The number of nitrogens with zero attached hydrogens (tertiary/aromatic N) is 1. The number of aromatic nitrogens is 1. The van der Waals surface area contributed by atoms with Crippen LogP contribution in [0.4, 0.5) is 0 Å². The number of fused-ring (bicyclic) bond motifs is 1. The predicted molar refractivity (Wildman–Crippen MR) is 60.3 cm³/mol. The van der Waals surface area contributed by atoms with Gasteiger partial charge in [-0.15, -0.1) is 0 Å².